The Labute approximate surface area is 126 Å². The highest BCUT2D eigenvalue weighted by Gasteiger charge is 2.13. The van der Waals surface area contributed by atoms with E-state index in [0.29, 0.717) is 0 Å². The van der Waals surface area contributed by atoms with Crippen molar-refractivity contribution in [2.24, 2.45) is 0 Å². The summed E-state index contributed by atoms with van der Waals surface area (Å²) in [5.74, 6) is 0.859. The second kappa shape index (κ2) is 7.03. The molecule has 102 valence electrons. The molecule has 0 radical (unpaired) electrons. The van der Waals surface area contributed by atoms with Crippen LogP contribution in [0.5, 0.6) is 5.75 Å². The van der Waals surface area contributed by atoms with Gasteiger partial charge in [-0.25, -0.2) is 4.98 Å². The van der Waals surface area contributed by atoms with Crippen molar-refractivity contribution < 1.29 is 4.74 Å². The largest absolute Gasteiger partial charge is 0.496 e. The zero-order valence-electron chi connectivity index (χ0n) is 11.0. The summed E-state index contributed by atoms with van der Waals surface area (Å²) in [5.41, 5.74) is 4.24. The summed E-state index contributed by atoms with van der Waals surface area (Å²) in [5, 5.41) is 5.58. The van der Waals surface area contributed by atoms with E-state index in [1.54, 1.807) is 18.4 Å². The number of hydrogen-bond donors (Lipinski definition) is 1. The van der Waals surface area contributed by atoms with Gasteiger partial charge in [0.15, 0.2) is 0 Å². The van der Waals surface area contributed by atoms with Gasteiger partial charge in [0.2, 0.25) is 0 Å². The maximum atomic E-state index is 5.25. The van der Waals surface area contributed by atoms with Crippen LogP contribution in [0.2, 0.25) is 0 Å². The van der Waals surface area contributed by atoms with E-state index < -0.39 is 0 Å². The Morgan fingerprint density at radius 2 is 2.32 bits per heavy atom. The Hall–Kier alpha value is -0.910. The third-order valence-electron chi connectivity index (χ3n) is 2.91. The molecule has 1 unspecified atom stereocenters. The van der Waals surface area contributed by atoms with Gasteiger partial charge in [0, 0.05) is 5.38 Å². The van der Waals surface area contributed by atoms with E-state index in [4.69, 9.17) is 4.74 Å². The number of benzene rings is 1. The van der Waals surface area contributed by atoms with Gasteiger partial charge in [0.25, 0.3) is 0 Å². The number of nitrogens with zero attached hydrogens (tertiary/aromatic N) is 1. The molecule has 0 spiro atoms. The summed E-state index contributed by atoms with van der Waals surface area (Å²) in [6, 6.07) is 6.45. The molecule has 1 aromatic heterocycles. The van der Waals surface area contributed by atoms with E-state index in [2.05, 4.69) is 50.7 Å². The van der Waals surface area contributed by atoms with Gasteiger partial charge in [0.1, 0.15) is 5.75 Å². The molecule has 1 N–H and O–H groups in total. The van der Waals surface area contributed by atoms with Gasteiger partial charge >= 0.3 is 0 Å². The van der Waals surface area contributed by atoms with Crippen molar-refractivity contribution in [1.82, 2.24) is 10.3 Å². The summed E-state index contributed by atoms with van der Waals surface area (Å²) >= 11 is 5.16. The van der Waals surface area contributed by atoms with Gasteiger partial charge in [-0.1, -0.05) is 13.0 Å². The van der Waals surface area contributed by atoms with Gasteiger partial charge in [-0.05, 0) is 46.6 Å². The summed E-state index contributed by atoms with van der Waals surface area (Å²) < 4.78 is 6.24. The number of hydrogen-bond acceptors (Lipinski definition) is 4. The number of aromatic nitrogens is 1. The maximum absolute atomic E-state index is 5.25. The van der Waals surface area contributed by atoms with Gasteiger partial charge in [0.05, 0.1) is 28.8 Å². The smallest absolute Gasteiger partial charge is 0.133 e. The van der Waals surface area contributed by atoms with E-state index in [1.165, 1.54) is 5.56 Å². The third kappa shape index (κ3) is 3.78. The number of nitrogens with one attached hydrogen (secondary N) is 1. The van der Waals surface area contributed by atoms with Crippen LogP contribution in [0.1, 0.15) is 24.2 Å². The van der Waals surface area contributed by atoms with Crippen LogP contribution in [-0.2, 0) is 6.42 Å². The van der Waals surface area contributed by atoms with E-state index in [0.717, 1.165) is 28.9 Å². The first kappa shape index (κ1) is 14.5. The summed E-state index contributed by atoms with van der Waals surface area (Å²) in [7, 11) is 1.68. The van der Waals surface area contributed by atoms with Gasteiger partial charge in [-0.15, -0.1) is 11.3 Å². The van der Waals surface area contributed by atoms with E-state index in [9.17, 15) is 0 Å². The molecule has 3 nitrogen and oxygen atoms in total. The van der Waals surface area contributed by atoms with Gasteiger partial charge < -0.3 is 10.1 Å². The van der Waals surface area contributed by atoms with Gasteiger partial charge in [-0.2, -0.15) is 0 Å². The molecule has 0 aliphatic heterocycles. The van der Waals surface area contributed by atoms with Crippen LogP contribution in [0.25, 0.3) is 0 Å². The first-order valence-electron chi connectivity index (χ1n) is 6.18. The Morgan fingerprint density at radius 1 is 1.47 bits per heavy atom. The van der Waals surface area contributed by atoms with Crippen LogP contribution in [0.15, 0.2) is 33.6 Å². The van der Waals surface area contributed by atoms with Crippen molar-refractivity contribution in [3.05, 3.63) is 44.8 Å². The molecule has 0 saturated heterocycles. The Bertz CT molecular complexity index is 516. The van der Waals surface area contributed by atoms with Crippen molar-refractivity contribution in [3.63, 3.8) is 0 Å². The van der Waals surface area contributed by atoms with Crippen LogP contribution < -0.4 is 10.1 Å². The zero-order valence-corrected chi connectivity index (χ0v) is 13.4. The van der Waals surface area contributed by atoms with Crippen LogP contribution in [0, 0.1) is 0 Å². The number of methoxy groups -OCH3 is 1. The molecule has 5 heteroatoms. The molecule has 0 aliphatic rings. The minimum atomic E-state index is 0.261. The highest BCUT2D eigenvalue weighted by Crippen LogP contribution is 2.27. The quantitative estimate of drug-likeness (QED) is 0.868. The fourth-order valence-electron chi connectivity index (χ4n) is 1.99. The molecule has 1 atom stereocenters. The molecule has 0 fully saturated rings. The fraction of sp³-hybridized carbons (Fsp3) is 0.357. The Morgan fingerprint density at radius 3 is 2.89 bits per heavy atom. The molecule has 0 amide bonds. The van der Waals surface area contributed by atoms with Crippen molar-refractivity contribution in [2.75, 3.05) is 13.7 Å². The molecule has 1 aromatic carbocycles. The predicted octanol–water partition coefficient (Wildman–Crippen LogP) is 3.81. The van der Waals surface area contributed by atoms with Crippen molar-refractivity contribution in [1.29, 1.82) is 0 Å². The van der Waals surface area contributed by atoms with Crippen LogP contribution >= 0.6 is 27.3 Å². The van der Waals surface area contributed by atoms with E-state index >= 15 is 0 Å². The first-order valence-corrected chi connectivity index (χ1v) is 7.92. The second-order valence-corrected chi connectivity index (χ2v) is 5.77. The normalized spacial score (nSPS) is 12.4. The van der Waals surface area contributed by atoms with E-state index in [-0.39, 0.29) is 6.04 Å². The molecule has 19 heavy (non-hydrogen) atoms. The summed E-state index contributed by atoms with van der Waals surface area (Å²) in [6.07, 6.45) is 0.917. The molecular formula is C14H17BrN2OS. The summed E-state index contributed by atoms with van der Waals surface area (Å²) in [4.78, 5) is 4.41. The number of ether oxygens (including phenoxy) is 1. The average Bonchev–Trinajstić information content (AvgIpc) is 2.92. The highest BCUT2D eigenvalue weighted by atomic mass is 79.9. The lowest BCUT2D eigenvalue weighted by Gasteiger charge is -2.16. The summed E-state index contributed by atoms with van der Waals surface area (Å²) in [6.45, 7) is 3.04. The molecular weight excluding hydrogens is 324 g/mol. The second-order valence-electron chi connectivity index (χ2n) is 4.20. The van der Waals surface area contributed by atoms with Crippen molar-refractivity contribution in [3.8, 4) is 5.75 Å². The lowest BCUT2D eigenvalue weighted by Crippen LogP contribution is -2.23. The number of likely N-dealkylation sites (N-methyl/N-ethyl adjacent to an activating group) is 1. The monoisotopic (exact) mass is 340 g/mol. The van der Waals surface area contributed by atoms with Crippen LogP contribution in [0.4, 0.5) is 0 Å². The predicted molar refractivity (Wildman–Crippen MR) is 82.9 cm³/mol. The zero-order chi connectivity index (χ0) is 13.7. The average molecular weight is 341 g/mol. The SMILES string of the molecule is CCNC(Cc1ccc(OC)c(Br)c1)c1cscn1. The Balaban J connectivity index is 2.15. The molecule has 2 aromatic rings. The lowest BCUT2D eigenvalue weighted by molar-refractivity contribution is 0.412. The minimum absolute atomic E-state index is 0.261. The molecule has 1 heterocycles. The Kier molecular flexibility index (Phi) is 5.36. The molecule has 0 bridgehead atoms. The number of thiazole rings is 1. The lowest BCUT2D eigenvalue weighted by atomic mass is 10.0. The number of halogens is 1. The number of rotatable bonds is 6. The fourth-order valence-corrected chi connectivity index (χ4v) is 3.19. The topological polar surface area (TPSA) is 34.1 Å². The molecule has 2 rings (SSSR count). The molecule has 0 saturated carbocycles. The maximum Gasteiger partial charge on any atom is 0.133 e. The van der Waals surface area contributed by atoms with Gasteiger partial charge in [-0.3, -0.25) is 0 Å². The third-order valence-corrected chi connectivity index (χ3v) is 4.14. The highest BCUT2D eigenvalue weighted by molar-refractivity contribution is 9.10. The standard InChI is InChI=1S/C14H17BrN2OS/c1-3-16-12(13-8-19-9-17-13)7-10-4-5-14(18-2)11(15)6-10/h4-6,8-9,12,16H,3,7H2,1-2H3. The van der Waals surface area contributed by atoms with Crippen LogP contribution in [0.3, 0.4) is 0 Å². The van der Waals surface area contributed by atoms with Crippen molar-refractivity contribution >= 4 is 27.3 Å². The molecule has 0 aliphatic carbocycles. The van der Waals surface area contributed by atoms with E-state index in [1.807, 2.05) is 11.6 Å². The minimum Gasteiger partial charge on any atom is -0.496 e. The first-order chi connectivity index (χ1) is 9.24. The van der Waals surface area contributed by atoms with Crippen LogP contribution in [-0.4, -0.2) is 18.6 Å². The van der Waals surface area contributed by atoms with Crippen molar-refractivity contribution in [2.45, 2.75) is 19.4 Å².